The van der Waals surface area contributed by atoms with Crippen molar-refractivity contribution in [2.45, 2.75) is 52.6 Å². The van der Waals surface area contributed by atoms with Gasteiger partial charge in [-0.15, -0.1) is 0 Å². The van der Waals surface area contributed by atoms with E-state index in [-0.39, 0.29) is 13.2 Å². The molecular weight excluding hydrogens is 386 g/mol. The van der Waals surface area contributed by atoms with Crippen molar-refractivity contribution >= 4 is 18.2 Å². The van der Waals surface area contributed by atoms with Crippen molar-refractivity contribution in [1.82, 2.24) is 4.90 Å². The maximum atomic E-state index is 12.7. The van der Waals surface area contributed by atoms with E-state index in [4.69, 9.17) is 14.2 Å². The van der Waals surface area contributed by atoms with Crippen LogP contribution in [0.5, 0.6) is 0 Å². The van der Waals surface area contributed by atoms with Crippen molar-refractivity contribution in [3.8, 4) is 0 Å². The number of imide groups is 1. The van der Waals surface area contributed by atoms with Gasteiger partial charge in [0.2, 0.25) is 0 Å². The van der Waals surface area contributed by atoms with Crippen LogP contribution < -0.4 is 0 Å². The number of nitrogens with zero attached hydrogens (tertiary/aromatic N) is 1. The van der Waals surface area contributed by atoms with Crippen LogP contribution >= 0.6 is 0 Å². The third-order valence-electron chi connectivity index (χ3n) is 3.94. The first-order valence-corrected chi connectivity index (χ1v) is 9.61. The van der Waals surface area contributed by atoms with Gasteiger partial charge in [0.05, 0.1) is 0 Å². The summed E-state index contributed by atoms with van der Waals surface area (Å²) >= 11 is 0. The summed E-state index contributed by atoms with van der Waals surface area (Å²) in [5, 5.41) is 0. The van der Waals surface area contributed by atoms with Crippen molar-refractivity contribution < 1.29 is 28.6 Å². The fraction of sp³-hybridized carbons (Fsp3) is 0.348. The second-order valence-electron chi connectivity index (χ2n) is 7.66. The second kappa shape index (κ2) is 10.4. The van der Waals surface area contributed by atoms with Gasteiger partial charge in [-0.1, -0.05) is 60.7 Å². The highest BCUT2D eigenvalue weighted by molar-refractivity contribution is 5.93. The van der Waals surface area contributed by atoms with Gasteiger partial charge in [0.15, 0.2) is 0 Å². The van der Waals surface area contributed by atoms with Gasteiger partial charge in [-0.05, 0) is 38.8 Å². The Morgan fingerprint density at radius 1 is 0.800 bits per heavy atom. The highest BCUT2D eigenvalue weighted by Crippen LogP contribution is 2.15. The summed E-state index contributed by atoms with van der Waals surface area (Å²) in [4.78, 5) is 38.5. The van der Waals surface area contributed by atoms with Crippen LogP contribution in [0.4, 0.5) is 9.59 Å². The fourth-order valence-corrected chi connectivity index (χ4v) is 2.45. The Balaban J connectivity index is 2.09. The maximum absolute atomic E-state index is 12.7. The van der Waals surface area contributed by atoms with Gasteiger partial charge in [-0.3, -0.25) is 0 Å². The van der Waals surface area contributed by atoms with Gasteiger partial charge in [0.1, 0.15) is 24.9 Å². The third kappa shape index (κ3) is 7.24. The fourth-order valence-electron chi connectivity index (χ4n) is 2.45. The van der Waals surface area contributed by atoms with E-state index >= 15 is 0 Å². The molecule has 7 heteroatoms. The van der Waals surface area contributed by atoms with Crippen LogP contribution in [-0.2, 0) is 32.2 Å². The second-order valence-corrected chi connectivity index (χ2v) is 7.66. The number of rotatable bonds is 6. The van der Waals surface area contributed by atoms with Gasteiger partial charge < -0.3 is 14.2 Å². The first-order valence-electron chi connectivity index (χ1n) is 9.61. The molecule has 2 amide bonds. The molecule has 0 bridgehead atoms. The Morgan fingerprint density at radius 3 is 1.73 bits per heavy atom. The molecule has 0 spiro atoms. The van der Waals surface area contributed by atoms with Crippen molar-refractivity contribution in [2.75, 3.05) is 0 Å². The van der Waals surface area contributed by atoms with Crippen LogP contribution in [0.15, 0.2) is 60.7 Å². The average Bonchev–Trinajstić information content (AvgIpc) is 2.70. The van der Waals surface area contributed by atoms with E-state index in [1.165, 1.54) is 6.92 Å². The van der Waals surface area contributed by atoms with Gasteiger partial charge in [0.25, 0.3) is 0 Å². The zero-order chi connectivity index (χ0) is 22.1. The van der Waals surface area contributed by atoms with E-state index in [2.05, 4.69) is 0 Å². The lowest BCUT2D eigenvalue weighted by molar-refractivity contribution is -0.150. The van der Waals surface area contributed by atoms with Crippen LogP contribution in [0.25, 0.3) is 0 Å². The average molecular weight is 413 g/mol. The van der Waals surface area contributed by atoms with Gasteiger partial charge in [-0.25, -0.2) is 14.4 Å². The number of carbonyl (C=O) groups excluding carboxylic acids is 3. The van der Waals surface area contributed by atoms with E-state index in [9.17, 15) is 14.4 Å². The molecule has 30 heavy (non-hydrogen) atoms. The molecule has 0 N–H and O–H groups in total. The topological polar surface area (TPSA) is 82.1 Å². The Kier molecular flexibility index (Phi) is 7.98. The summed E-state index contributed by atoms with van der Waals surface area (Å²) in [6.45, 7) is 6.35. The Labute approximate surface area is 176 Å². The van der Waals surface area contributed by atoms with Crippen LogP contribution in [-0.4, -0.2) is 34.7 Å². The highest BCUT2D eigenvalue weighted by Gasteiger charge is 2.37. The van der Waals surface area contributed by atoms with Crippen LogP contribution in [0, 0.1) is 0 Å². The summed E-state index contributed by atoms with van der Waals surface area (Å²) in [5.41, 5.74) is 0.672. The van der Waals surface area contributed by atoms with E-state index < -0.39 is 29.8 Å². The molecule has 1 unspecified atom stereocenters. The molecule has 0 saturated carbocycles. The maximum Gasteiger partial charge on any atom is 0.420 e. The van der Waals surface area contributed by atoms with Crippen LogP contribution in [0.2, 0.25) is 0 Å². The summed E-state index contributed by atoms with van der Waals surface area (Å²) < 4.78 is 15.8. The molecule has 0 aliphatic carbocycles. The molecular formula is C23H27NO6. The number of amides is 2. The summed E-state index contributed by atoms with van der Waals surface area (Å²) in [7, 11) is 0. The normalized spacial score (nSPS) is 11.9. The highest BCUT2D eigenvalue weighted by atomic mass is 16.6. The number of benzene rings is 2. The molecule has 160 valence electrons. The standard InChI is InChI=1S/C23H27NO6/c1-17(20(25)28-15-18-11-7-5-8-12-18)24(22(27)30-23(2,3)4)21(26)29-16-19-13-9-6-10-14-19/h5-14,17H,15-16H2,1-4H3. The predicted molar refractivity (Wildman–Crippen MR) is 110 cm³/mol. The summed E-state index contributed by atoms with van der Waals surface area (Å²) in [6.07, 6.45) is -1.97. The van der Waals surface area contributed by atoms with Crippen molar-refractivity contribution in [2.24, 2.45) is 0 Å². The van der Waals surface area contributed by atoms with Crippen molar-refractivity contribution in [3.63, 3.8) is 0 Å². The SMILES string of the molecule is CC(C(=O)OCc1ccccc1)N(C(=O)OCc1ccccc1)C(=O)OC(C)(C)C. The molecule has 2 rings (SSSR count). The first-order chi connectivity index (χ1) is 14.2. The van der Waals surface area contributed by atoms with E-state index in [1.807, 2.05) is 24.3 Å². The zero-order valence-corrected chi connectivity index (χ0v) is 17.7. The van der Waals surface area contributed by atoms with Gasteiger partial charge in [0, 0.05) is 0 Å². The summed E-state index contributed by atoms with van der Waals surface area (Å²) in [5.74, 6) is -0.749. The lowest BCUT2D eigenvalue weighted by atomic mass is 10.2. The van der Waals surface area contributed by atoms with Crippen LogP contribution in [0.1, 0.15) is 38.8 Å². The number of hydrogen-bond acceptors (Lipinski definition) is 6. The molecule has 7 nitrogen and oxygen atoms in total. The largest absolute Gasteiger partial charge is 0.459 e. The molecule has 1 atom stereocenters. The zero-order valence-electron chi connectivity index (χ0n) is 17.7. The predicted octanol–water partition coefficient (Wildman–Crippen LogP) is 4.69. The first kappa shape index (κ1) is 22.9. The Hall–Kier alpha value is -3.35. The lowest BCUT2D eigenvalue weighted by Gasteiger charge is -2.28. The monoisotopic (exact) mass is 413 g/mol. The van der Waals surface area contributed by atoms with E-state index in [0.29, 0.717) is 4.90 Å². The van der Waals surface area contributed by atoms with E-state index in [1.54, 1.807) is 57.2 Å². The minimum absolute atomic E-state index is 0.0191. The summed E-state index contributed by atoms with van der Waals surface area (Å²) in [6, 6.07) is 16.9. The molecule has 0 aromatic heterocycles. The van der Waals surface area contributed by atoms with E-state index in [0.717, 1.165) is 11.1 Å². The third-order valence-corrected chi connectivity index (χ3v) is 3.94. The van der Waals surface area contributed by atoms with Gasteiger partial charge in [-0.2, -0.15) is 4.90 Å². The number of hydrogen-bond donors (Lipinski definition) is 0. The van der Waals surface area contributed by atoms with Crippen molar-refractivity contribution in [1.29, 1.82) is 0 Å². The quantitative estimate of drug-likeness (QED) is 0.505. The number of ether oxygens (including phenoxy) is 3. The molecule has 0 aliphatic rings. The lowest BCUT2D eigenvalue weighted by Crippen LogP contribution is -2.49. The minimum Gasteiger partial charge on any atom is -0.459 e. The van der Waals surface area contributed by atoms with Gasteiger partial charge >= 0.3 is 18.2 Å². The molecule has 0 saturated heterocycles. The molecule has 0 radical (unpaired) electrons. The molecule has 0 fully saturated rings. The minimum atomic E-state index is -1.23. The van der Waals surface area contributed by atoms with Crippen LogP contribution in [0.3, 0.4) is 0 Å². The Morgan fingerprint density at radius 2 is 1.27 bits per heavy atom. The molecule has 2 aromatic carbocycles. The molecule has 0 heterocycles. The smallest absolute Gasteiger partial charge is 0.420 e. The number of carbonyl (C=O) groups is 3. The Bertz CT molecular complexity index is 845. The number of esters is 1. The molecule has 2 aromatic rings. The van der Waals surface area contributed by atoms with Crippen molar-refractivity contribution in [3.05, 3.63) is 71.8 Å². The molecule has 0 aliphatic heterocycles.